The first-order valence-corrected chi connectivity index (χ1v) is 12.3. The summed E-state index contributed by atoms with van der Waals surface area (Å²) in [6.45, 7) is 5.02. The number of hydrogen-bond donors (Lipinski definition) is 1. The number of rotatable bonds is 7. The van der Waals surface area contributed by atoms with E-state index in [0.717, 1.165) is 11.1 Å². The molecule has 2 rings (SSSR count). The highest BCUT2D eigenvalue weighted by Gasteiger charge is 2.29. The summed E-state index contributed by atoms with van der Waals surface area (Å²) in [7, 11) is -3.86. The highest BCUT2D eigenvalue weighted by molar-refractivity contribution is 7.54. The Hall–Kier alpha value is -1.54. The summed E-state index contributed by atoms with van der Waals surface area (Å²) < 4.78 is 23.3. The number of alkyl halides is 3. The van der Waals surface area contributed by atoms with Crippen LogP contribution in [0.1, 0.15) is 18.1 Å². The van der Waals surface area contributed by atoms with Gasteiger partial charge < -0.3 is 14.4 Å². The fraction of sp³-hybridized carbons (Fsp3) is 0.250. The van der Waals surface area contributed by atoms with Crippen molar-refractivity contribution in [1.82, 2.24) is 5.32 Å². The van der Waals surface area contributed by atoms with Crippen molar-refractivity contribution in [3.63, 3.8) is 0 Å². The minimum Gasteiger partial charge on any atom is -0.415 e. The summed E-state index contributed by atoms with van der Waals surface area (Å²) in [6, 6.07) is 11.1. The van der Waals surface area contributed by atoms with Crippen LogP contribution in [0.25, 0.3) is 0 Å². The van der Waals surface area contributed by atoms with Crippen LogP contribution < -0.4 is 14.4 Å². The second kappa shape index (κ2) is 12.6. The Morgan fingerprint density at radius 3 is 1.75 bits per heavy atom. The van der Waals surface area contributed by atoms with Gasteiger partial charge in [-0.2, -0.15) is 5.26 Å². The number of carbonyl (C=O) groups excluding carboxylic acids is 1. The van der Waals surface area contributed by atoms with Crippen molar-refractivity contribution in [3.05, 3.63) is 63.3 Å². The van der Waals surface area contributed by atoms with E-state index in [0.29, 0.717) is 10.0 Å². The maximum atomic E-state index is 13.3. The third kappa shape index (κ3) is 10.9. The van der Waals surface area contributed by atoms with Gasteiger partial charge in [0.2, 0.25) is 0 Å². The molecular formula is C20H18Cl5N2O4P. The molecule has 0 saturated heterocycles. The van der Waals surface area contributed by atoms with Crippen LogP contribution >= 0.6 is 65.6 Å². The van der Waals surface area contributed by atoms with Crippen molar-refractivity contribution in [3.8, 4) is 17.6 Å². The second-order valence-corrected chi connectivity index (χ2v) is 11.9. The molecule has 0 atom stereocenters. The molecule has 0 radical (unpaired) electrons. The van der Waals surface area contributed by atoms with Gasteiger partial charge in [-0.15, -0.1) is 0 Å². The predicted octanol–water partition coefficient (Wildman–Crippen LogP) is 7.42. The van der Waals surface area contributed by atoms with Crippen LogP contribution in [0.15, 0.2) is 42.1 Å². The Kier molecular flexibility index (Phi) is 11.2. The molecule has 0 bridgehead atoms. The van der Waals surface area contributed by atoms with Gasteiger partial charge in [-0.1, -0.05) is 58.0 Å². The summed E-state index contributed by atoms with van der Waals surface area (Å²) in [5, 5.41) is 12.3. The molecule has 2 aromatic rings. The zero-order chi connectivity index (χ0) is 24.5. The first-order chi connectivity index (χ1) is 14.8. The zero-order valence-corrected chi connectivity index (χ0v) is 21.8. The van der Waals surface area contributed by atoms with Gasteiger partial charge in [0, 0.05) is 10.0 Å². The van der Waals surface area contributed by atoms with E-state index >= 15 is 0 Å². The highest BCUT2D eigenvalue weighted by Crippen LogP contribution is 2.48. The number of halogens is 5. The minimum absolute atomic E-state index is 0.265. The van der Waals surface area contributed by atoms with Crippen LogP contribution in [0, 0.1) is 25.2 Å². The third-order valence-corrected chi connectivity index (χ3v) is 5.78. The van der Waals surface area contributed by atoms with E-state index in [9.17, 15) is 9.36 Å². The lowest BCUT2D eigenvalue weighted by Gasteiger charge is -2.21. The van der Waals surface area contributed by atoms with E-state index in [1.807, 2.05) is 0 Å². The number of nitrogens with zero attached hydrogens (tertiary/aromatic N) is 1. The van der Waals surface area contributed by atoms with Crippen molar-refractivity contribution in [2.45, 2.75) is 24.6 Å². The summed E-state index contributed by atoms with van der Waals surface area (Å²) in [5.74, 6) is 1.94. The van der Waals surface area contributed by atoms with Crippen molar-refractivity contribution in [1.29, 1.82) is 5.26 Å². The first-order valence-electron chi connectivity index (χ1n) is 8.72. The average Bonchev–Trinajstić information content (AvgIpc) is 2.67. The molecule has 0 aliphatic rings. The molecule has 0 aliphatic heterocycles. The minimum atomic E-state index is -3.86. The predicted molar refractivity (Wildman–Crippen MR) is 130 cm³/mol. The van der Waals surface area contributed by atoms with Gasteiger partial charge in [-0.25, -0.2) is 9.36 Å². The zero-order valence-electron chi connectivity index (χ0n) is 17.1. The molecule has 0 fully saturated rings. The molecule has 0 unspecified atom stereocenters. The maximum Gasteiger partial charge on any atom is 0.449 e. The summed E-state index contributed by atoms with van der Waals surface area (Å²) in [6.07, 6.45) is -0.422. The van der Waals surface area contributed by atoms with E-state index in [-0.39, 0.29) is 11.5 Å². The third-order valence-electron chi connectivity index (χ3n) is 3.41. The Balaban J connectivity index is 0.000000920. The number of aryl methyl sites for hydroxylation is 2. The van der Waals surface area contributed by atoms with Crippen molar-refractivity contribution >= 4 is 71.5 Å². The molecule has 0 aromatic heterocycles. The van der Waals surface area contributed by atoms with Crippen molar-refractivity contribution in [2.75, 3.05) is 6.29 Å². The van der Waals surface area contributed by atoms with Crippen molar-refractivity contribution in [2.24, 2.45) is 0 Å². The van der Waals surface area contributed by atoms with Crippen LogP contribution in [-0.4, -0.2) is 16.0 Å². The number of allylic oxidation sites excluding steroid dienone is 1. The van der Waals surface area contributed by atoms with Gasteiger partial charge in [-0.3, -0.25) is 0 Å². The van der Waals surface area contributed by atoms with Crippen LogP contribution in [0.5, 0.6) is 11.5 Å². The van der Waals surface area contributed by atoms with Crippen molar-refractivity contribution < 1.29 is 18.4 Å². The molecule has 1 N–H and O–H groups in total. The SMILES string of the molecule is CC(Cl)(Cl)Cl.Cc1cc(OP(=O)(CNC(=C=O)C#N)Oc2ccc(Cl)c(C)c2)ccc1Cl. The quantitative estimate of drug-likeness (QED) is 0.165. The number of benzene rings is 2. The maximum absolute atomic E-state index is 13.3. The molecule has 172 valence electrons. The largest absolute Gasteiger partial charge is 0.449 e. The van der Waals surface area contributed by atoms with Gasteiger partial charge in [0.25, 0.3) is 0 Å². The van der Waals surface area contributed by atoms with Crippen LogP contribution in [0.3, 0.4) is 0 Å². The molecule has 12 heteroatoms. The van der Waals surface area contributed by atoms with Gasteiger partial charge in [0.15, 0.2) is 15.4 Å². The molecule has 6 nitrogen and oxygen atoms in total. The van der Waals surface area contributed by atoms with E-state index < -0.39 is 23.4 Å². The average molecular weight is 559 g/mol. The Morgan fingerprint density at radius 1 is 1.03 bits per heavy atom. The Morgan fingerprint density at radius 2 is 1.44 bits per heavy atom. The topological polar surface area (TPSA) is 88.4 Å². The lowest BCUT2D eigenvalue weighted by atomic mass is 10.2. The standard InChI is InChI=1S/C18H15Cl2N2O4P.C2H3Cl3/c1-12-7-15(3-5-17(12)19)25-27(24,11-22-14(9-21)10-23)26-16-4-6-18(20)13(2)8-16;1-2(3,4)5/h3-8,22H,11H2,1-2H3;1H3. The van der Waals surface area contributed by atoms with Gasteiger partial charge in [0.05, 0.1) is 0 Å². The highest BCUT2D eigenvalue weighted by atomic mass is 35.6. The van der Waals surface area contributed by atoms with E-state index in [1.54, 1.807) is 56.3 Å². The van der Waals surface area contributed by atoms with E-state index in [2.05, 4.69) is 5.32 Å². The fourth-order valence-electron chi connectivity index (χ4n) is 2.03. The number of nitriles is 1. The molecule has 0 amide bonds. The molecule has 0 heterocycles. The van der Waals surface area contributed by atoms with Gasteiger partial charge >= 0.3 is 7.60 Å². The lowest BCUT2D eigenvalue weighted by molar-refractivity contribution is 0.383. The van der Waals surface area contributed by atoms with Crippen LogP contribution in [0.2, 0.25) is 10.0 Å². The molecule has 0 aliphatic carbocycles. The monoisotopic (exact) mass is 556 g/mol. The smallest absolute Gasteiger partial charge is 0.415 e. The second-order valence-electron chi connectivity index (χ2n) is 6.32. The normalized spacial score (nSPS) is 10.7. The molecular weight excluding hydrogens is 540 g/mol. The number of hydrogen-bond acceptors (Lipinski definition) is 6. The number of nitrogens with one attached hydrogen (secondary N) is 1. The summed E-state index contributed by atoms with van der Waals surface area (Å²) in [5.41, 5.74) is 1.03. The lowest BCUT2D eigenvalue weighted by Crippen LogP contribution is -2.19. The molecule has 32 heavy (non-hydrogen) atoms. The first kappa shape index (κ1) is 28.5. The van der Waals surface area contributed by atoms with Gasteiger partial charge in [-0.05, 0) is 68.3 Å². The summed E-state index contributed by atoms with van der Waals surface area (Å²) >= 11 is 27.2. The Bertz CT molecular complexity index is 1030. The van der Waals surface area contributed by atoms with Gasteiger partial charge in [0.1, 0.15) is 23.9 Å². The molecule has 0 saturated carbocycles. The molecule has 0 spiro atoms. The van der Waals surface area contributed by atoms with Crippen LogP contribution in [0.4, 0.5) is 0 Å². The fourth-order valence-corrected chi connectivity index (χ4v) is 3.65. The Labute approximate surface area is 211 Å². The van der Waals surface area contributed by atoms with Crippen LogP contribution in [-0.2, 0) is 9.36 Å². The summed E-state index contributed by atoms with van der Waals surface area (Å²) in [4.78, 5) is 10.7. The van der Waals surface area contributed by atoms with E-state index in [1.165, 1.54) is 12.9 Å². The molecule has 2 aromatic carbocycles. The van der Waals surface area contributed by atoms with E-state index in [4.69, 9.17) is 72.3 Å².